The van der Waals surface area contributed by atoms with Gasteiger partial charge in [0.2, 0.25) is 0 Å². The quantitative estimate of drug-likeness (QED) is 0.923. The van der Waals surface area contributed by atoms with E-state index in [1.165, 1.54) is 0 Å². The van der Waals surface area contributed by atoms with Crippen LogP contribution >= 0.6 is 0 Å². The second kappa shape index (κ2) is 5.65. The third-order valence-corrected chi connectivity index (χ3v) is 4.16. The smallest absolute Gasteiger partial charge is 0.163 e. The predicted octanol–water partition coefficient (Wildman–Crippen LogP) is 2.02. The Kier molecular flexibility index (Phi) is 4.01. The first-order valence-corrected chi connectivity index (χ1v) is 7.35. The highest BCUT2D eigenvalue weighted by molar-refractivity contribution is 5.13. The monoisotopic (exact) mass is 295 g/mol. The molecule has 1 heterocycles. The van der Waals surface area contributed by atoms with E-state index in [-0.39, 0.29) is 24.7 Å². The van der Waals surface area contributed by atoms with Gasteiger partial charge in [0.1, 0.15) is 12.3 Å². The Morgan fingerprint density at radius 2 is 1.86 bits per heavy atom. The zero-order chi connectivity index (χ0) is 15.0. The number of fused-ring (bicyclic) bond motifs is 1. The third-order valence-electron chi connectivity index (χ3n) is 4.16. The van der Waals surface area contributed by atoms with Crippen LogP contribution in [0, 0.1) is 5.92 Å². The first kappa shape index (κ1) is 14.9. The largest absolute Gasteiger partial charge is 0.376 e. The van der Waals surface area contributed by atoms with Crippen molar-refractivity contribution in [1.29, 1.82) is 0 Å². The maximum atomic E-state index is 14.3. The van der Waals surface area contributed by atoms with Gasteiger partial charge in [0, 0.05) is 5.92 Å². The maximum Gasteiger partial charge on any atom is 0.163 e. The molecule has 0 spiro atoms. The molecule has 1 aliphatic carbocycles. The molecule has 5 heteroatoms. The summed E-state index contributed by atoms with van der Waals surface area (Å²) >= 11 is 0. The van der Waals surface area contributed by atoms with Gasteiger partial charge in [0.15, 0.2) is 5.79 Å². The predicted molar refractivity (Wildman–Crippen MR) is 76.3 cm³/mol. The Bertz CT molecular complexity index is 482. The van der Waals surface area contributed by atoms with E-state index in [9.17, 15) is 4.39 Å². The Hall–Kier alpha value is -1.01. The van der Waals surface area contributed by atoms with E-state index in [1.807, 2.05) is 44.2 Å². The van der Waals surface area contributed by atoms with Gasteiger partial charge in [-0.15, -0.1) is 0 Å². The number of hydrogen-bond acceptors (Lipinski definition) is 4. The van der Waals surface area contributed by atoms with E-state index >= 15 is 0 Å². The van der Waals surface area contributed by atoms with Crippen molar-refractivity contribution in [2.45, 2.75) is 50.7 Å². The van der Waals surface area contributed by atoms with Crippen molar-refractivity contribution >= 4 is 0 Å². The second-order valence-electron chi connectivity index (χ2n) is 6.25. The standard InChI is InChI=1S/C16H22FNO3/c1-16(2)20-14-11(12(17)13(18)15(14)21-16)9-19-8-10-6-4-3-5-7-10/h3-7,11-15H,8-9,18H2,1-2H3/t11-,12+,13+,14+,15-/m1/s1. The van der Waals surface area contributed by atoms with Crippen molar-refractivity contribution < 1.29 is 18.6 Å². The second-order valence-corrected chi connectivity index (χ2v) is 6.25. The average molecular weight is 295 g/mol. The van der Waals surface area contributed by atoms with Crippen LogP contribution < -0.4 is 5.73 Å². The summed E-state index contributed by atoms with van der Waals surface area (Å²) in [4.78, 5) is 0. The van der Waals surface area contributed by atoms with Crippen molar-refractivity contribution in [3.8, 4) is 0 Å². The van der Waals surface area contributed by atoms with Crippen molar-refractivity contribution in [2.75, 3.05) is 6.61 Å². The fourth-order valence-corrected chi connectivity index (χ4v) is 3.17. The van der Waals surface area contributed by atoms with E-state index < -0.39 is 18.0 Å². The number of rotatable bonds is 4. The van der Waals surface area contributed by atoms with Crippen LogP contribution in [0.3, 0.4) is 0 Å². The molecule has 2 N–H and O–H groups in total. The van der Waals surface area contributed by atoms with E-state index in [0.29, 0.717) is 6.61 Å². The molecule has 0 radical (unpaired) electrons. The lowest BCUT2D eigenvalue weighted by Gasteiger charge is -2.24. The molecule has 1 aromatic carbocycles. The minimum atomic E-state index is -1.16. The van der Waals surface area contributed by atoms with E-state index in [2.05, 4.69) is 0 Å². The zero-order valence-electron chi connectivity index (χ0n) is 12.4. The first-order valence-electron chi connectivity index (χ1n) is 7.35. The van der Waals surface area contributed by atoms with E-state index in [4.69, 9.17) is 19.9 Å². The summed E-state index contributed by atoms with van der Waals surface area (Å²) in [6, 6.07) is 9.17. The molecular weight excluding hydrogens is 273 g/mol. The van der Waals surface area contributed by atoms with Gasteiger partial charge in [-0.05, 0) is 19.4 Å². The molecule has 0 amide bonds. The maximum absolute atomic E-state index is 14.3. The van der Waals surface area contributed by atoms with Crippen molar-refractivity contribution in [3.63, 3.8) is 0 Å². The Labute approximate surface area is 124 Å². The molecule has 0 unspecified atom stereocenters. The zero-order valence-corrected chi connectivity index (χ0v) is 12.4. The topological polar surface area (TPSA) is 53.7 Å². The lowest BCUT2D eigenvalue weighted by Crippen LogP contribution is -2.40. The van der Waals surface area contributed by atoms with Gasteiger partial charge in [-0.2, -0.15) is 0 Å². The van der Waals surface area contributed by atoms with Crippen LogP contribution in [0.15, 0.2) is 30.3 Å². The molecule has 2 fully saturated rings. The molecule has 1 saturated carbocycles. The molecule has 21 heavy (non-hydrogen) atoms. The van der Waals surface area contributed by atoms with Crippen LogP contribution in [-0.4, -0.2) is 36.8 Å². The fourth-order valence-electron chi connectivity index (χ4n) is 3.17. The molecule has 2 aliphatic rings. The number of benzene rings is 1. The summed E-state index contributed by atoms with van der Waals surface area (Å²) in [7, 11) is 0. The Balaban J connectivity index is 1.59. The fraction of sp³-hybridized carbons (Fsp3) is 0.625. The lowest BCUT2D eigenvalue weighted by atomic mass is 10.1. The SMILES string of the molecule is CC1(C)O[C@@H]2[C@@H](N)[C@@H](F)[C@@H](COCc3ccccc3)[C@@H]2O1. The minimum absolute atomic E-state index is 0.282. The van der Waals surface area contributed by atoms with Gasteiger partial charge in [0.05, 0.1) is 25.4 Å². The molecule has 0 aromatic heterocycles. The molecule has 0 bridgehead atoms. The van der Waals surface area contributed by atoms with Crippen LogP contribution in [0.25, 0.3) is 0 Å². The van der Waals surface area contributed by atoms with Crippen LogP contribution in [0.5, 0.6) is 0 Å². The molecule has 4 nitrogen and oxygen atoms in total. The summed E-state index contributed by atoms with van der Waals surface area (Å²) < 4.78 is 31.5. The van der Waals surface area contributed by atoms with Crippen molar-refractivity contribution in [2.24, 2.45) is 11.7 Å². The number of nitrogens with two attached hydrogens (primary N) is 1. The molecular formula is C16H22FNO3. The van der Waals surface area contributed by atoms with E-state index in [0.717, 1.165) is 5.56 Å². The Morgan fingerprint density at radius 3 is 2.57 bits per heavy atom. The number of hydrogen-bond donors (Lipinski definition) is 1. The van der Waals surface area contributed by atoms with Crippen LogP contribution in [0.4, 0.5) is 4.39 Å². The van der Waals surface area contributed by atoms with Crippen molar-refractivity contribution in [1.82, 2.24) is 0 Å². The summed E-state index contributed by atoms with van der Waals surface area (Å²) in [5.74, 6) is -1.08. The number of ether oxygens (including phenoxy) is 3. The van der Waals surface area contributed by atoms with Gasteiger partial charge >= 0.3 is 0 Å². The highest BCUT2D eigenvalue weighted by atomic mass is 19.1. The highest BCUT2D eigenvalue weighted by Crippen LogP contribution is 2.42. The number of halogens is 1. The molecule has 5 atom stereocenters. The normalized spacial score (nSPS) is 37.6. The van der Waals surface area contributed by atoms with Crippen LogP contribution in [0.2, 0.25) is 0 Å². The summed E-state index contributed by atoms with van der Waals surface area (Å²) in [5.41, 5.74) is 6.99. The first-order chi connectivity index (χ1) is 9.98. The van der Waals surface area contributed by atoms with Crippen molar-refractivity contribution in [3.05, 3.63) is 35.9 Å². The van der Waals surface area contributed by atoms with Gasteiger partial charge in [-0.1, -0.05) is 30.3 Å². The Morgan fingerprint density at radius 1 is 1.19 bits per heavy atom. The average Bonchev–Trinajstić information content (AvgIpc) is 2.87. The molecule has 3 rings (SSSR count). The third kappa shape index (κ3) is 2.97. The van der Waals surface area contributed by atoms with Gasteiger partial charge in [-0.3, -0.25) is 0 Å². The van der Waals surface area contributed by atoms with Crippen LogP contribution in [-0.2, 0) is 20.8 Å². The summed E-state index contributed by atoms with van der Waals surface area (Å²) in [6.07, 6.45) is -1.88. The van der Waals surface area contributed by atoms with Crippen LogP contribution in [0.1, 0.15) is 19.4 Å². The number of alkyl halides is 1. The lowest BCUT2D eigenvalue weighted by molar-refractivity contribution is -0.166. The van der Waals surface area contributed by atoms with Gasteiger partial charge < -0.3 is 19.9 Å². The molecule has 1 aromatic rings. The highest BCUT2D eigenvalue weighted by Gasteiger charge is 2.58. The van der Waals surface area contributed by atoms with E-state index in [1.54, 1.807) is 0 Å². The summed E-state index contributed by atoms with van der Waals surface area (Å²) in [6.45, 7) is 4.39. The molecule has 1 aliphatic heterocycles. The molecule has 1 saturated heterocycles. The van der Waals surface area contributed by atoms with Gasteiger partial charge in [0.25, 0.3) is 0 Å². The summed E-state index contributed by atoms with van der Waals surface area (Å²) in [5, 5.41) is 0. The van der Waals surface area contributed by atoms with Gasteiger partial charge in [-0.25, -0.2) is 4.39 Å². The minimum Gasteiger partial charge on any atom is -0.376 e. The molecule has 116 valence electrons.